The van der Waals surface area contributed by atoms with Gasteiger partial charge in [0.25, 0.3) is 11.6 Å². The van der Waals surface area contributed by atoms with Crippen LogP contribution in [0.25, 0.3) is 0 Å². The van der Waals surface area contributed by atoms with Crippen LogP contribution in [-0.2, 0) is 33.4 Å². The molecule has 19 nitrogen and oxygen atoms in total. The number of aliphatic hydroxyl groups excluding tert-OH is 7. The summed E-state index contributed by atoms with van der Waals surface area (Å²) in [6, 6.07) is -3.06. The number of carbonyl (C=O) groups is 4. The normalized spacial score (nSPS) is 36.8. The number of amides is 2. The van der Waals surface area contributed by atoms with Gasteiger partial charge in [0.1, 0.15) is 36.6 Å². The summed E-state index contributed by atoms with van der Waals surface area (Å²) in [5.74, 6) is -11.3. The number of aliphatic hydroxyl groups is 8. The van der Waals surface area contributed by atoms with Crippen LogP contribution >= 0.6 is 0 Å². The fourth-order valence-electron chi connectivity index (χ4n) is 4.62. The average molecular weight is 601 g/mol. The highest BCUT2D eigenvalue weighted by molar-refractivity contribution is 5.77. The van der Waals surface area contributed by atoms with Gasteiger partial charge in [-0.15, -0.1) is 0 Å². The van der Waals surface area contributed by atoms with E-state index in [0.717, 1.165) is 13.8 Å². The Morgan fingerprint density at radius 1 is 0.829 bits per heavy atom. The van der Waals surface area contributed by atoms with Crippen molar-refractivity contribution in [3.05, 3.63) is 0 Å². The van der Waals surface area contributed by atoms with E-state index in [1.807, 2.05) is 0 Å². The van der Waals surface area contributed by atoms with E-state index in [1.54, 1.807) is 0 Å². The van der Waals surface area contributed by atoms with E-state index >= 15 is 0 Å². The lowest BCUT2D eigenvalue weighted by molar-refractivity contribution is -0.321. The summed E-state index contributed by atoms with van der Waals surface area (Å²) in [6.45, 7) is -0.134. The summed E-state index contributed by atoms with van der Waals surface area (Å²) in [7, 11) is 0. The lowest BCUT2D eigenvalue weighted by atomic mass is 9.88. The molecule has 0 aromatic carbocycles. The molecule has 2 aliphatic heterocycles. The molecule has 2 aliphatic rings. The van der Waals surface area contributed by atoms with Crippen LogP contribution in [0.3, 0.4) is 0 Å². The number of hydrogen-bond donors (Lipinski definition) is 12. The number of aliphatic carboxylic acids is 2. The van der Waals surface area contributed by atoms with E-state index in [0.29, 0.717) is 0 Å². The summed E-state index contributed by atoms with van der Waals surface area (Å²) in [6.07, 6.45) is -17.8. The maximum atomic E-state index is 12.2. The van der Waals surface area contributed by atoms with E-state index in [4.69, 9.17) is 14.2 Å². The molecule has 0 aliphatic carbocycles. The first kappa shape index (κ1) is 34.6. The number of carboxylic acids is 2. The second-order valence-corrected chi connectivity index (χ2v) is 9.92. The van der Waals surface area contributed by atoms with E-state index in [1.165, 1.54) is 0 Å². The Balaban J connectivity index is 2.32. The molecule has 0 saturated carbocycles. The number of carboxylic acid groups (broad SMARTS) is 2. The minimum absolute atomic E-state index is 0.736. The topological polar surface area (TPSA) is 322 Å². The molecule has 2 rings (SSSR count). The number of nitrogens with one attached hydrogen (secondary N) is 2. The number of ether oxygens (including phenoxy) is 3. The Hall–Kier alpha value is -2.56. The molecule has 0 spiro atoms. The molecule has 2 saturated heterocycles. The quantitative estimate of drug-likeness (QED) is 0.0990. The zero-order valence-corrected chi connectivity index (χ0v) is 21.9. The van der Waals surface area contributed by atoms with Crippen molar-refractivity contribution in [2.75, 3.05) is 13.2 Å². The zero-order chi connectivity index (χ0) is 31.4. The Kier molecular flexibility index (Phi) is 11.5. The largest absolute Gasteiger partial charge is 0.477 e. The SMILES string of the molecule is CC(=O)N[C@H]1[C@H]([C@H](O)[C@H](O)CO[C@]2(C(=O)O)C[C@H](O)[C@@H](NC(C)=O)[C@H]([C@H](O)[C@H](O)CO)O2)OC(O)(C(=O)O)C[C@@H]1O. The summed E-state index contributed by atoms with van der Waals surface area (Å²) < 4.78 is 15.6. The molecule has 0 aromatic heterocycles. The lowest BCUT2D eigenvalue weighted by Gasteiger charge is -2.47. The molecule has 12 N–H and O–H groups in total. The molecule has 0 radical (unpaired) electrons. The van der Waals surface area contributed by atoms with Gasteiger partial charge in [-0.3, -0.25) is 9.59 Å². The molecule has 2 fully saturated rings. The summed E-state index contributed by atoms with van der Waals surface area (Å²) >= 11 is 0. The molecule has 19 heteroatoms. The molecule has 2 heterocycles. The van der Waals surface area contributed by atoms with Gasteiger partial charge in [-0.25, -0.2) is 9.59 Å². The second-order valence-electron chi connectivity index (χ2n) is 9.92. The Bertz CT molecular complexity index is 968. The Morgan fingerprint density at radius 2 is 1.29 bits per heavy atom. The van der Waals surface area contributed by atoms with Crippen molar-refractivity contribution >= 4 is 23.8 Å². The predicted molar refractivity (Wildman–Crippen MR) is 126 cm³/mol. The highest BCUT2D eigenvalue weighted by Gasteiger charge is 2.57. The fraction of sp³-hybridized carbons (Fsp3) is 0.818. The lowest BCUT2D eigenvalue weighted by Crippen LogP contribution is -2.68. The van der Waals surface area contributed by atoms with Gasteiger partial charge in [0.05, 0.1) is 37.5 Å². The van der Waals surface area contributed by atoms with E-state index in [-0.39, 0.29) is 0 Å². The van der Waals surface area contributed by atoms with Crippen LogP contribution < -0.4 is 10.6 Å². The summed E-state index contributed by atoms with van der Waals surface area (Å²) in [5, 5.41) is 106. The van der Waals surface area contributed by atoms with Crippen molar-refractivity contribution in [2.45, 2.75) is 99.2 Å². The van der Waals surface area contributed by atoms with Gasteiger partial charge in [0.2, 0.25) is 11.8 Å². The Labute approximate surface area is 231 Å². The van der Waals surface area contributed by atoms with Gasteiger partial charge < -0.3 is 75.9 Å². The molecule has 0 bridgehead atoms. The Morgan fingerprint density at radius 3 is 1.73 bits per heavy atom. The number of hydrogen-bond acceptors (Lipinski definition) is 15. The third-order valence-electron chi connectivity index (χ3n) is 6.69. The molecule has 41 heavy (non-hydrogen) atoms. The first-order valence-corrected chi connectivity index (χ1v) is 12.3. The van der Waals surface area contributed by atoms with Crippen LogP contribution in [0.4, 0.5) is 0 Å². The van der Waals surface area contributed by atoms with Crippen LogP contribution in [0.5, 0.6) is 0 Å². The van der Waals surface area contributed by atoms with E-state index < -0.39 is 122 Å². The average Bonchev–Trinajstić information content (AvgIpc) is 2.88. The van der Waals surface area contributed by atoms with Crippen molar-refractivity contribution in [3.8, 4) is 0 Å². The van der Waals surface area contributed by atoms with Crippen molar-refractivity contribution in [1.82, 2.24) is 10.6 Å². The van der Waals surface area contributed by atoms with Gasteiger partial charge >= 0.3 is 11.9 Å². The van der Waals surface area contributed by atoms with Crippen LogP contribution in [0, 0.1) is 0 Å². The summed E-state index contributed by atoms with van der Waals surface area (Å²) in [4.78, 5) is 46.9. The van der Waals surface area contributed by atoms with Crippen LogP contribution in [0.1, 0.15) is 26.7 Å². The smallest absolute Gasteiger partial charge is 0.364 e. The third kappa shape index (κ3) is 7.84. The number of rotatable bonds is 12. The van der Waals surface area contributed by atoms with Crippen LogP contribution in [0.15, 0.2) is 0 Å². The van der Waals surface area contributed by atoms with Crippen molar-refractivity contribution in [1.29, 1.82) is 0 Å². The van der Waals surface area contributed by atoms with Gasteiger partial charge in [-0.2, -0.15) is 0 Å². The van der Waals surface area contributed by atoms with Gasteiger partial charge in [-0.05, 0) is 0 Å². The first-order chi connectivity index (χ1) is 18.9. The maximum absolute atomic E-state index is 12.2. The molecule has 1 unspecified atom stereocenters. The van der Waals surface area contributed by atoms with Crippen molar-refractivity contribution in [3.63, 3.8) is 0 Å². The highest BCUT2D eigenvalue weighted by atomic mass is 16.7. The molecule has 2 amide bonds. The highest BCUT2D eigenvalue weighted by Crippen LogP contribution is 2.35. The molecule has 0 aromatic rings. The van der Waals surface area contributed by atoms with E-state index in [2.05, 4.69) is 10.6 Å². The molecular formula is C22H36N2O17. The minimum Gasteiger partial charge on any atom is -0.477 e. The zero-order valence-electron chi connectivity index (χ0n) is 21.9. The van der Waals surface area contributed by atoms with Crippen LogP contribution in [0.2, 0.25) is 0 Å². The van der Waals surface area contributed by atoms with Gasteiger partial charge in [0.15, 0.2) is 0 Å². The van der Waals surface area contributed by atoms with Crippen molar-refractivity contribution < 1.29 is 84.5 Å². The first-order valence-electron chi connectivity index (χ1n) is 12.3. The van der Waals surface area contributed by atoms with Crippen LogP contribution in [-0.4, -0.2) is 161 Å². The van der Waals surface area contributed by atoms with Gasteiger partial charge in [0, 0.05) is 26.7 Å². The van der Waals surface area contributed by atoms with Gasteiger partial charge in [-0.1, -0.05) is 0 Å². The standard InChI is InChI=1S/C22H36N2O17/c1-7(26)23-13-9(28)3-21(38,19(34)35)40-17(13)16(33)12(31)6-39-22(20(36)37)4-10(29)14(24-8(2)27)18(41-22)15(32)11(30)5-25/h9-18,25,28-33,38H,3-6H2,1-2H3,(H,23,26)(H,24,27)(H,34,35)(H,36,37)/t9-,10-,11+,12+,13+,14+,15+,16+,17+,18+,21?,22+/m0/s1. The summed E-state index contributed by atoms with van der Waals surface area (Å²) in [5.41, 5.74) is 0. The monoisotopic (exact) mass is 600 g/mol. The second kappa shape index (κ2) is 13.6. The van der Waals surface area contributed by atoms with E-state index in [9.17, 15) is 70.2 Å². The number of carbonyl (C=O) groups excluding carboxylic acids is 2. The maximum Gasteiger partial charge on any atom is 0.364 e. The molecule has 12 atom stereocenters. The fourth-order valence-corrected chi connectivity index (χ4v) is 4.62. The molecular weight excluding hydrogens is 564 g/mol. The van der Waals surface area contributed by atoms with Crippen molar-refractivity contribution in [2.24, 2.45) is 0 Å². The third-order valence-corrected chi connectivity index (χ3v) is 6.69. The molecule has 236 valence electrons. The predicted octanol–water partition coefficient (Wildman–Crippen LogP) is -6.70. The minimum atomic E-state index is -3.05.